The molecule has 1 N–H and O–H groups in total. The number of non-ortho nitro benzene ring substituents is 1. The monoisotopic (exact) mass is 391 g/mol. The van der Waals surface area contributed by atoms with Gasteiger partial charge in [0, 0.05) is 22.7 Å². The number of hydrogen-bond acceptors (Lipinski definition) is 4. The molecule has 0 radical (unpaired) electrons. The molecule has 0 fully saturated rings. The number of hydrogen-bond donors (Lipinski definition) is 1. The lowest BCUT2D eigenvalue weighted by atomic mass is 9.95. The van der Waals surface area contributed by atoms with E-state index in [2.05, 4.69) is 11.2 Å². The van der Waals surface area contributed by atoms with E-state index in [0.717, 1.165) is 0 Å². The predicted molar refractivity (Wildman–Crippen MR) is 109 cm³/mol. The van der Waals surface area contributed by atoms with Gasteiger partial charge in [-0.25, -0.2) is 5.09 Å². The van der Waals surface area contributed by atoms with Gasteiger partial charge in [-0.1, -0.05) is 48.5 Å². The van der Waals surface area contributed by atoms with E-state index in [4.69, 9.17) is 0 Å². The van der Waals surface area contributed by atoms with E-state index in [0.29, 0.717) is 16.2 Å². The van der Waals surface area contributed by atoms with Crippen molar-refractivity contribution in [1.82, 2.24) is 5.09 Å². The molecule has 0 bridgehead atoms. The van der Waals surface area contributed by atoms with Crippen molar-refractivity contribution in [2.75, 3.05) is 0 Å². The molecule has 0 aliphatic rings. The van der Waals surface area contributed by atoms with E-state index in [-0.39, 0.29) is 5.69 Å². The summed E-state index contributed by atoms with van der Waals surface area (Å²) in [6, 6.07) is 25.7. The maximum Gasteiger partial charge on any atom is 0.269 e. The van der Waals surface area contributed by atoms with Crippen LogP contribution in [0.5, 0.6) is 0 Å². The van der Waals surface area contributed by atoms with E-state index in [1.807, 2.05) is 12.1 Å². The third-order valence-corrected chi connectivity index (χ3v) is 7.29. The topological polar surface area (TPSA) is 96.0 Å². The minimum Gasteiger partial charge on any atom is -0.296 e. The Bertz CT molecular complexity index is 1040. The number of benzene rings is 3. The minimum absolute atomic E-state index is 0.130. The summed E-state index contributed by atoms with van der Waals surface area (Å²) < 4.78 is 14.2. The first kappa shape index (κ1) is 19.5. The minimum atomic E-state index is -3.41. The van der Waals surface area contributed by atoms with Crippen LogP contribution in [0.2, 0.25) is 0 Å². The van der Waals surface area contributed by atoms with Crippen molar-refractivity contribution in [3.63, 3.8) is 0 Å². The molecular weight excluding hydrogens is 373 g/mol. The van der Waals surface area contributed by atoms with Crippen LogP contribution < -0.4 is 15.7 Å². The average Bonchev–Trinajstić information content (AvgIpc) is 2.75. The molecule has 28 heavy (non-hydrogen) atoms. The van der Waals surface area contributed by atoms with E-state index in [1.54, 1.807) is 61.5 Å². The Hall–Kier alpha value is -3.26. The first-order valence-electron chi connectivity index (χ1n) is 8.56. The normalized spacial score (nSPS) is 13.3. The van der Waals surface area contributed by atoms with Gasteiger partial charge in [0.25, 0.3) is 5.69 Å². The highest BCUT2D eigenvalue weighted by Crippen LogP contribution is 2.43. The number of nitrogens with one attached hydrogen (secondary N) is 1. The van der Waals surface area contributed by atoms with Crippen LogP contribution in [0.3, 0.4) is 0 Å². The van der Waals surface area contributed by atoms with Gasteiger partial charge in [-0.15, -0.1) is 0 Å². The molecule has 0 saturated heterocycles. The second-order valence-electron chi connectivity index (χ2n) is 6.44. The molecule has 0 amide bonds. The fraction of sp³-hybridized carbons (Fsp3) is 0.0952. The summed E-state index contributed by atoms with van der Waals surface area (Å²) in [7, 11) is -3.41. The van der Waals surface area contributed by atoms with Crippen molar-refractivity contribution in [3.8, 4) is 6.07 Å². The molecule has 1 atom stereocenters. The highest BCUT2D eigenvalue weighted by atomic mass is 31.2. The summed E-state index contributed by atoms with van der Waals surface area (Å²) in [6.07, 6.45) is 0. The zero-order valence-electron chi connectivity index (χ0n) is 15.1. The summed E-state index contributed by atoms with van der Waals surface area (Å²) in [5.74, 6) is 0. The van der Waals surface area contributed by atoms with Crippen LogP contribution in [0.4, 0.5) is 5.69 Å². The number of nitrogens with zero attached hydrogens (tertiary/aromatic N) is 2. The third kappa shape index (κ3) is 3.72. The van der Waals surface area contributed by atoms with Crippen molar-refractivity contribution in [2.45, 2.75) is 12.5 Å². The first-order chi connectivity index (χ1) is 13.4. The zero-order valence-corrected chi connectivity index (χ0v) is 16.0. The Kier molecular flexibility index (Phi) is 5.41. The van der Waals surface area contributed by atoms with Crippen molar-refractivity contribution >= 4 is 23.6 Å². The molecule has 0 aromatic heterocycles. The second kappa shape index (κ2) is 7.77. The van der Waals surface area contributed by atoms with Gasteiger partial charge in [-0.3, -0.25) is 14.7 Å². The third-order valence-electron chi connectivity index (χ3n) is 4.48. The standard InChI is InChI=1S/C21H18N3O3P/c1-21(16-22,17-9-8-10-18(15-17)24(25)26)23-28(27,19-11-4-2-5-12-19)20-13-6-3-7-14-20/h2-15H,1H3,(H,23,27)/t21-/m0/s1. The van der Waals surface area contributed by atoms with Gasteiger partial charge in [0.2, 0.25) is 7.29 Å². The van der Waals surface area contributed by atoms with Crippen LogP contribution in [-0.4, -0.2) is 4.92 Å². The molecule has 140 valence electrons. The Morgan fingerprint density at radius 1 is 0.964 bits per heavy atom. The maximum absolute atomic E-state index is 14.2. The summed E-state index contributed by atoms with van der Waals surface area (Å²) in [4.78, 5) is 10.6. The molecule has 0 heterocycles. The number of nitro benzene ring substituents is 1. The lowest BCUT2D eigenvalue weighted by Gasteiger charge is -2.30. The summed E-state index contributed by atoms with van der Waals surface area (Å²) in [5, 5.41) is 25.2. The van der Waals surface area contributed by atoms with Crippen LogP contribution in [-0.2, 0) is 10.1 Å². The molecule has 0 unspecified atom stereocenters. The predicted octanol–water partition coefficient (Wildman–Crippen LogP) is 3.85. The number of nitriles is 1. The van der Waals surface area contributed by atoms with Gasteiger partial charge < -0.3 is 0 Å². The first-order valence-corrected chi connectivity index (χ1v) is 10.3. The van der Waals surface area contributed by atoms with Gasteiger partial charge >= 0.3 is 0 Å². The van der Waals surface area contributed by atoms with Crippen molar-refractivity contribution in [2.24, 2.45) is 0 Å². The maximum atomic E-state index is 14.2. The van der Waals surface area contributed by atoms with E-state index < -0.39 is 17.8 Å². The molecule has 0 aliphatic carbocycles. The van der Waals surface area contributed by atoms with Gasteiger partial charge in [-0.05, 0) is 36.8 Å². The van der Waals surface area contributed by atoms with Gasteiger partial charge in [0.05, 0.1) is 11.0 Å². The van der Waals surface area contributed by atoms with E-state index >= 15 is 0 Å². The average molecular weight is 391 g/mol. The largest absolute Gasteiger partial charge is 0.296 e. The fourth-order valence-electron chi connectivity index (χ4n) is 2.95. The summed E-state index contributed by atoms with van der Waals surface area (Å²) >= 11 is 0. The second-order valence-corrected chi connectivity index (χ2v) is 8.91. The van der Waals surface area contributed by atoms with Gasteiger partial charge in [0.15, 0.2) is 0 Å². The molecular formula is C21H18N3O3P. The Morgan fingerprint density at radius 3 is 1.96 bits per heavy atom. The quantitative estimate of drug-likeness (QED) is 0.391. The lowest BCUT2D eigenvalue weighted by Crippen LogP contribution is -2.41. The van der Waals surface area contributed by atoms with Crippen LogP contribution in [0.1, 0.15) is 12.5 Å². The SMILES string of the molecule is C[C@@](C#N)(NP(=O)(c1ccccc1)c1ccccc1)c1cccc([N+](=O)[O-])c1. The smallest absolute Gasteiger partial charge is 0.269 e. The Labute approximate surface area is 163 Å². The fourth-order valence-corrected chi connectivity index (χ4v) is 5.50. The molecule has 3 aromatic carbocycles. The molecule has 0 spiro atoms. The molecule has 7 heteroatoms. The lowest BCUT2D eigenvalue weighted by molar-refractivity contribution is -0.385. The van der Waals surface area contributed by atoms with E-state index in [1.165, 1.54) is 18.2 Å². The molecule has 0 aliphatic heterocycles. The highest BCUT2D eigenvalue weighted by Gasteiger charge is 2.38. The number of nitro groups is 1. The summed E-state index contributed by atoms with van der Waals surface area (Å²) in [5.41, 5.74) is -1.17. The Balaban J connectivity index is 2.14. The number of rotatable bonds is 6. The van der Waals surface area contributed by atoms with Crippen molar-refractivity contribution < 1.29 is 9.49 Å². The van der Waals surface area contributed by atoms with Gasteiger partial charge in [-0.2, -0.15) is 5.26 Å². The molecule has 3 rings (SSSR count). The van der Waals surface area contributed by atoms with Crippen LogP contribution in [0, 0.1) is 21.4 Å². The summed E-state index contributed by atoms with van der Waals surface area (Å²) in [6.45, 7) is 1.57. The van der Waals surface area contributed by atoms with Crippen LogP contribution >= 0.6 is 7.29 Å². The van der Waals surface area contributed by atoms with Crippen molar-refractivity contribution in [1.29, 1.82) is 5.26 Å². The molecule has 6 nitrogen and oxygen atoms in total. The molecule has 3 aromatic rings. The van der Waals surface area contributed by atoms with Crippen LogP contribution in [0.15, 0.2) is 84.9 Å². The Morgan fingerprint density at radius 2 is 1.50 bits per heavy atom. The van der Waals surface area contributed by atoms with Crippen LogP contribution in [0.25, 0.3) is 0 Å². The van der Waals surface area contributed by atoms with Gasteiger partial charge in [0.1, 0.15) is 5.54 Å². The zero-order chi connectivity index (χ0) is 20.2. The molecule has 0 saturated carbocycles. The highest BCUT2D eigenvalue weighted by molar-refractivity contribution is 7.77. The van der Waals surface area contributed by atoms with E-state index in [9.17, 15) is 19.9 Å². The van der Waals surface area contributed by atoms with Crippen molar-refractivity contribution in [3.05, 3.63) is 101 Å².